The fraction of sp³-hybridized carbons (Fsp3) is 0.625. The summed E-state index contributed by atoms with van der Waals surface area (Å²) in [7, 11) is 0. The molecule has 0 amide bonds. The van der Waals surface area contributed by atoms with E-state index in [1.807, 2.05) is 19.1 Å². The van der Waals surface area contributed by atoms with Crippen molar-refractivity contribution in [3.8, 4) is 5.75 Å². The van der Waals surface area contributed by atoms with E-state index in [-0.39, 0.29) is 12.2 Å². The van der Waals surface area contributed by atoms with Gasteiger partial charge in [0.15, 0.2) is 0 Å². The predicted molar refractivity (Wildman–Crippen MR) is 77.8 cm³/mol. The molecule has 1 fully saturated rings. The van der Waals surface area contributed by atoms with E-state index in [1.54, 1.807) is 0 Å². The van der Waals surface area contributed by atoms with E-state index in [9.17, 15) is 5.11 Å². The van der Waals surface area contributed by atoms with Crippen LogP contribution in [-0.2, 0) is 11.2 Å². The Hall–Kier alpha value is -1.10. The van der Waals surface area contributed by atoms with Crippen LogP contribution in [0, 0.1) is 12.8 Å². The molecular weight excluding hydrogens is 252 g/mol. The van der Waals surface area contributed by atoms with Crippen molar-refractivity contribution in [2.24, 2.45) is 11.7 Å². The summed E-state index contributed by atoms with van der Waals surface area (Å²) in [6, 6.07) is 3.99. The van der Waals surface area contributed by atoms with E-state index in [4.69, 9.17) is 10.5 Å². The van der Waals surface area contributed by atoms with E-state index in [2.05, 4.69) is 5.32 Å². The molecule has 20 heavy (non-hydrogen) atoms. The lowest BCUT2D eigenvalue weighted by Gasteiger charge is -2.38. The first-order valence-corrected chi connectivity index (χ1v) is 7.50. The van der Waals surface area contributed by atoms with Crippen molar-refractivity contribution >= 4 is 0 Å². The number of rotatable bonds is 2. The lowest BCUT2D eigenvalue weighted by atomic mass is 9.83. The Bertz CT molecular complexity index is 484. The van der Waals surface area contributed by atoms with Crippen LogP contribution in [0.25, 0.3) is 0 Å². The molecule has 3 N–H and O–H groups in total. The van der Waals surface area contributed by atoms with Gasteiger partial charge in [0.2, 0.25) is 0 Å². The zero-order valence-electron chi connectivity index (χ0n) is 12.0. The van der Waals surface area contributed by atoms with Crippen LogP contribution in [0.1, 0.15) is 35.6 Å². The second kappa shape index (κ2) is 5.72. The van der Waals surface area contributed by atoms with Crippen molar-refractivity contribution in [2.75, 3.05) is 19.6 Å². The van der Waals surface area contributed by atoms with Crippen LogP contribution in [0.3, 0.4) is 0 Å². The van der Waals surface area contributed by atoms with Crippen LogP contribution in [0.2, 0.25) is 0 Å². The maximum Gasteiger partial charge on any atom is 0.122 e. The molecule has 1 aromatic carbocycles. The highest BCUT2D eigenvalue weighted by molar-refractivity contribution is 5.47. The minimum absolute atomic E-state index is 0.0888. The first-order chi connectivity index (χ1) is 9.70. The van der Waals surface area contributed by atoms with Gasteiger partial charge in [0, 0.05) is 31.6 Å². The molecule has 0 aromatic heterocycles. The molecule has 0 unspecified atom stereocenters. The molecule has 109 valence electrons. The number of nitrogens with two attached hydrogens (primary N) is 1. The predicted octanol–water partition coefficient (Wildman–Crippen LogP) is 1.66. The highest BCUT2D eigenvalue weighted by Crippen LogP contribution is 2.39. The van der Waals surface area contributed by atoms with Crippen molar-refractivity contribution in [2.45, 2.75) is 38.4 Å². The molecule has 4 heteroatoms. The van der Waals surface area contributed by atoms with Crippen LogP contribution in [0.15, 0.2) is 12.1 Å². The Morgan fingerprint density at radius 2 is 2.10 bits per heavy atom. The molecule has 1 saturated heterocycles. The van der Waals surface area contributed by atoms with Gasteiger partial charge >= 0.3 is 0 Å². The number of ether oxygens (including phenoxy) is 1. The molecule has 3 rings (SSSR count). The third-order valence-corrected chi connectivity index (χ3v) is 4.67. The Labute approximate surface area is 120 Å². The number of phenols is 1. The molecule has 0 aliphatic carbocycles. The number of benzene rings is 1. The monoisotopic (exact) mass is 275 g/mol. The smallest absolute Gasteiger partial charge is 0.122 e. The normalized spacial score (nSPS) is 27.3. The van der Waals surface area contributed by atoms with Crippen LogP contribution < -0.4 is 11.1 Å². The number of aromatic hydroxyl groups is 1. The summed E-state index contributed by atoms with van der Waals surface area (Å²) >= 11 is 0. The Kier molecular flexibility index (Phi) is 3.96. The Balaban J connectivity index is 1.90. The zero-order valence-corrected chi connectivity index (χ0v) is 12.0. The van der Waals surface area contributed by atoms with E-state index in [0.29, 0.717) is 18.2 Å². The van der Waals surface area contributed by atoms with Crippen molar-refractivity contribution in [1.29, 1.82) is 0 Å². The van der Waals surface area contributed by atoms with Crippen LogP contribution in [0.5, 0.6) is 5.75 Å². The average molecular weight is 275 g/mol. The summed E-state index contributed by atoms with van der Waals surface area (Å²) in [5, 5.41) is 14.8. The standard InChI is InChI=1S/C16H23N2O2/c1-10-2-3-12-13(16(10)19)8-14(20-15(12)9-17)11-4-6-18-7-5-11/h2-3,11,14-15,19H,4-9,17H2,1H3/t14-,15-/m0/s1. The van der Waals surface area contributed by atoms with Gasteiger partial charge in [-0.3, -0.25) is 0 Å². The van der Waals surface area contributed by atoms with Crippen molar-refractivity contribution < 1.29 is 9.84 Å². The molecule has 1 radical (unpaired) electrons. The fourth-order valence-electron chi connectivity index (χ4n) is 3.42. The van der Waals surface area contributed by atoms with Gasteiger partial charge in [-0.05, 0) is 36.8 Å². The summed E-state index contributed by atoms with van der Waals surface area (Å²) < 4.78 is 6.22. The second-order valence-electron chi connectivity index (χ2n) is 5.91. The topological polar surface area (TPSA) is 69.6 Å². The quantitative estimate of drug-likeness (QED) is 0.862. The number of fused-ring (bicyclic) bond motifs is 1. The molecule has 2 aliphatic heterocycles. The van der Waals surface area contributed by atoms with Gasteiger partial charge in [0.25, 0.3) is 0 Å². The number of phenolic OH excluding ortho intramolecular Hbond substituents is 1. The average Bonchev–Trinajstić information content (AvgIpc) is 2.51. The maximum atomic E-state index is 10.4. The molecule has 0 spiro atoms. The lowest BCUT2D eigenvalue weighted by Crippen LogP contribution is -2.39. The van der Waals surface area contributed by atoms with E-state index in [1.165, 1.54) is 0 Å². The van der Waals surface area contributed by atoms with Gasteiger partial charge < -0.3 is 15.6 Å². The van der Waals surface area contributed by atoms with Crippen LogP contribution >= 0.6 is 0 Å². The second-order valence-corrected chi connectivity index (χ2v) is 5.91. The van der Waals surface area contributed by atoms with Crippen LogP contribution in [-0.4, -0.2) is 30.8 Å². The van der Waals surface area contributed by atoms with Gasteiger partial charge in [0.1, 0.15) is 5.75 Å². The molecule has 2 aliphatic rings. The Morgan fingerprint density at radius 1 is 1.35 bits per heavy atom. The maximum absolute atomic E-state index is 10.4. The fourth-order valence-corrected chi connectivity index (χ4v) is 3.42. The first kappa shape index (κ1) is 13.9. The highest BCUT2D eigenvalue weighted by atomic mass is 16.5. The van der Waals surface area contributed by atoms with Gasteiger partial charge in [-0.25, -0.2) is 5.32 Å². The summed E-state index contributed by atoms with van der Waals surface area (Å²) in [6.45, 7) is 4.27. The molecular formula is C16H23N2O2. The summed E-state index contributed by atoms with van der Waals surface area (Å²) in [5.41, 5.74) is 8.91. The highest BCUT2D eigenvalue weighted by Gasteiger charge is 2.34. The third kappa shape index (κ3) is 2.43. The summed E-state index contributed by atoms with van der Waals surface area (Å²) in [5.74, 6) is 0.962. The van der Waals surface area contributed by atoms with Gasteiger partial charge in [-0.15, -0.1) is 0 Å². The minimum Gasteiger partial charge on any atom is -0.507 e. The summed E-state index contributed by atoms with van der Waals surface area (Å²) in [6.07, 6.45) is 3.05. The van der Waals surface area contributed by atoms with Gasteiger partial charge in [0.05, 0.1) is 12.2 Å². The molecule has 0 saturated carbocycles. The number of nitrogens with zero attached hydrogens (tertiary/aromatic N) is 1. The molecule has 2 heterocycles. The van der Waals surface area contributed by atoms with E-state index in [0.717, 1.165) is 49.0 Å². The van der Waals surface area contributed by atoms with E-state index < -0.39 is 0 Å². The van der Waals surface area contributed by atoms with Crippen molar-refractivity contribution in [3.63, 3.8) is 0 Å². The number of aryl methyl sites for hydroxylation is 1. The minimum atomic E-state index is -0.0888. The summed E-state index contributed by atoms with van der Waals surface area (Å²) in [4.78, 5) is 0. The first-order valence-electron chi connectivity index (χ1n) is 7.50. The molecule has 0 bridgehead atoms. The molecule has 1 aromatic rings. The van der Waals surface area contributed by atoms with E-state index >= 15 is 0 Å². The zero-order chi connectivity index (χ0) is 14.1. The number of piperidine rings is 1. The van der Waals surface area contributed by atoms with Gasteiger partial charge in [-0.2, -0.15) is 0 Å². The lowest BCUT2D eigenvalue weighted by molar-refractivity contribution is -0.0581. The molecule has 4 nitrogen and oxygen atoms in total. The largest absolute Gasteiger partial charge is 0.507 e. The van der Waals surface area contributed by atoms with Crippen LogP contribution in [0.4, 0.5) is 0 Å². The SMILES string of the molecule is Cc1ccc2c(c1O)C[C@@H](C1CC[N]CC1)O[C@H]2CN. The van der Waals surface area contributed by atoms with Crippen molar-refractivity contribution in [1.82, 2.24) is 5.32 Å². The third-order valence-electron chi connectivity index (χ3n) is 4.67. The number of hydrogen-bond acceptors (Lipinski definition) is 3. The Morgan fingerprint density at radius 3 is 2.80 bits per heavy atom. The number of hydrogen-bond donors (Lipinski definition) is 2. The molecule has 2 atom stereocenters. The van der Waals surface area contributed by atoms with Gasteiger partial charge in [-0.1, -0.05) is 12.1 Å². The van der Waals surface area contributed by atoms with Crippen molar-refractivity contribution in [3.05, 3.63) is 28.8 Å².